The van der Waals surface area contributed by atoms with Gasteiger partial charge < -0.3 is 0 Å². The van der Waals surface area contributed by atoms with Gasteiger partial charge in [-0.2, -0.15) is 0 Å². The van der Waals surface area contributed by atoms with Crippen molar-refractivity contribution in [2.45, 2.75) is 25.8 Å². The van der Waals surface area contributed by atoms with Crippen LogP contribution in [0.1, 0.15) is 20.3 Å². The van der Waals surface area contributed by atoms with E-state index < -0.39 is 0 Å². The van der Waals surface area contributed by atoms with E-state index in [-0.39, 0.29) is 5.54 Å². The molecule has 1 atom stereocenters. The fourth-order valence-corrected chi connectivity index (χ4v) is 2.10. The lowest BCUT2D eigenvalue weighted by Gasteiger charge is -2.27. The van der Waals surface area contributed by atoms with Gasteiger partial charge in [0.15, 0.2) is 0 Å². The highest BCUT2D eigenvalue weighted by molar-refractivity contribution is 7.84. The van der Waals surface area contributed by atoms with Gasteiger partial charge in [-0.1, -0.05) is 25.1 Å². The van der Waals surface area contributed by atoms with Crippen LogP contribution in [0.15, 0.2) is 41.4 Å². The molecule has 0 aromatic heterocycles. The molecule has 0 saturated carbocycles. The van der Waals surface area contributed by atoms with E-state index in [2.05, 4.69) is 50.1 Å². The Morgan fingerprint density at radius 3 is 2.53 bits per heavy atom. The van der Waals surface area contributed by atoms with Crippen molar-refractivity contribution >= 4 is 18.3 Å². The van der Waals surface area contributed by atoms with Crippen molar-refractivity contribution in [2.75, 3.05) is 5.01 Å². The molecule has 1 unspecified atom stereocenters. The molecule has 1 aromatic rings. The van der Waals surface area contributed by atoms with E-state index in [1.54, 1.807) is 0 Å². The van der Waals surface area contributed by atoms with Gasteiger partial charge in [-0.3, -0.25) is 5.01 Å². The zero-order chi connectivity index (χ0) is 10.9. The first-order chi connectivity index (χ1) is 7.14. The molecule has 0 amide bonds. The highest BCUT2D eigenvalue weighted by atomic mass is 32.1. The fraction of sp³-hybridized carbons (Fsp3) is 0.333. The number of para-hydroxylation sites is 1. The summed E-state index contributed by atoms with van der Waals surface area (Å²) in [6.45, 7) is 4.34. The number of rotatable bonds is 2. The summed E-state index contributed by atoms with van der Waals surface area (Å²) in [7, 11) is 0. The molecular formula is C12H16N2S. The summed E-state index contributed by atoms with van der Waals surface area (Å²) in [4.78, 5) is 0. The summed E-state index contributed by atoms with van der Waals surface area (Å²) in [5.74, 6) is 0. The third kappa shape index (κ3) is 2.03. The van der Waals surface area contributed by atoms with E-state index in [9.17, 15) is 0 Å². The maximum Gasteiger partial charge on any atom is 0.0856 e. The van der Waals surface area contributed by atoms with Crippen molar-refractivity contribution < 1.29 is 0 Å². The second-order valence-electron chi connectivity index (χ2n) is 4.06. The Kier molecular flexibility index (Phi) is 2.76. The van der Waals surface area contributed by atoms with Crippen LogP contribution in [-0.2, 0) is 0 Å². The minimum Gasteiger partial charge on any atom is -0.270 e. The topological polar surface area (TPSA) is 15.3 Å². The number of hydrogen-bond acceptors (Lipinski definition) is 3. The van der Waals surface area contributed by atoms with Crippen molar-refractivity contribution in [3.63, 3.8) is 0 Å². The smallest absolute Gasteiger partial charge is 0.0856 e. The normalized spacial score (nSPS) is 25.5. The SMILES string of the molecule is CCC1(C)C=C(S)N(c2ccccc2)N1. The molecule has 0 aliphatic carbocycles. The molecule has 2 rings (SSSR count). The van der Waals surface area contributed by atoms with Gasteiger partial charge in [0.25, 0.3) is 0 Å². The number of benzene rings is 1. The van der Waals surface area contributed by atoms with Crippen LogP contribution in [0.3, 0.4) is 0 Å². The zero-order valence-corrected chi connectivity index (χ0v) is 9.96. The molecule has 1 heterocycles. The highest BCUT2D eigenvalue weighted by Crippen LogP contribution is 2.29. The first-order valence-corrected chi connectivity index (χ1v) is 5.64. The van der Waals surface area contributed by atoms with Crippen LogP contribution in [0.5, 0.6) is 0 Å². The zero-order valence-electron chi connectivity index (χ0n) is 9.07. The lowest BCUT2D eigenvalue weighted by atomic mass is 10.0. The molecule has 0 radical (unpaired) electrons. The average Bonchev–Trinajstić information content (AvgIpc) is 2.57. The molecule has 80 valence electrons. The quantitative estimate of drug-likeness (QED) is 0.745. The molecule has 1 aliphatic heterocycles. The number of nitrogens with one attached hydrogen (secondary N) is 1. The predicted octanol–water partition coefficient (Wildman–Crippen LogP) is 2.95. The Morgan fingerprint density at radius 1 is 1.33 bits per heavy atom. The molecule has 15 heavy (non-hydrogen) atoms. The van der Waals surface area contributed by atoms with Gasteiger partial charge in [0.05, 0.1) is 16.3 Å². The largest absolute Gasteiger partial charge is 0.270 e. The van der Waals surface area contributed by atoms with E-state index in [1.165, 1.54) is 0 Å². The van der Waals surface area contributed by atoms with E-state index in [4.69, 9.17) is 0 Å². The molecule has 0 bridgehead atoms. The van der Waals surface area contributed by atoms with Gasteiger partial charge >= 0.3 is 0 Å². The molecule has 0 fully saturated rings. The molecule has 1 aliphatic rings. The summed E-state index contributed by atoms with van der Waals surface area (Å²) in [5.41, 5.74) is 4.59. The predicted molar refractivity (Wildman–Crippen MR) is 67.8 cm³/mol. The van der Waals surface area contributed by atoms with Crippen molar-refractivity contribution in [1.82, 2.24) is 5.43 Å². The van der Waals surface area contributed by atoms with Crippen molar-refractivity contribution in [3.05, 3.63) is 41.4 Å². The molecule has 1 N–H and O–H groups in total. The molecule has 2 nitrogen and oxygen atoms in total. The number of hydrazine groups is 1. The lowest BCUT2D eigenvalue weighted by Crippen LogP contribution is -2.44. The van der Waals surface area contributed by atoms with E-state index >= 15 is 0 Å². The molecule has 3 heteroatoms. The van der Waals surface area contributed by atoms with Crippen LogP contribution in [0.2, 0.25) is 0 Å². The number of hydrogen-bond donors (Lipinski definition) is 2. The van der Waals surface area contributed by atoms with Crippen LogP contribution in [0.25, 0.3) is 0 Å². The highest BCUT2D eigenvalue weighted by Gasteiger charge is 2.30. The maximum atomic E-state index is 4.49. The van der Waals surface area contributed by atoms with Crippen LogP contribution in [0.4, 0.5) is 5.69 Å². The van der Waals surface area contributed by atoms with Crippen molar-refractivity contribution in [3.8, 4) is 0 Å². The van der Waals surface area contributed by atoms with Gasteiger partial charge in [0.1, 0.15) is 0 Å². The van der Waals surface area contributed by atoms with Gasteiger partial charge in [0.2, 0.25) is 0 Å². The summed E-state index contributed by atoms with van der Waals surface area (Å²) in [5, 5.41) is 2.98. The van der Waals surface area contributed by atoms with E-state index in [0.717, 1.165) is 17.1 Å². The van der Waals surface area contributed by atoms with E-state index in [1.807, 2.05) is 23.2 Å². The van der Waals surface area contributed by atoms with Crippen LogP contribution < -0.4 is 10.4 Å². The molecular weight excluding hydrogens is 204 g/mol. The maximum absolute atomic E-state index is 4.49. The summed E-state index contributed by atoms with van der Waals surface area (Å²) in [6.07, 6.45) is 3.20. The van der Waals surface area contributed by atoms with Crippen LogP contribution in [0, 0.1) is 0 Å². The number of anilines is 1. The molecule has 1 aromatic carbocycles. The standard InChI is InChI=1S/C12H16N2S/c1-3-12(2)9-11(15)14(13-12)10-7-5-4-6-8-10/h4-9,13,15H,3H2,1-2H3. The molecule has 0 saturated heterocycles. The Balaban J connectivity index is 2.26. The summed E-state index contributed by atoms with van der Waals surface area (Å²) < 4.78 is 0. The van der Waals surface area contributed by atoms with Gasteiger partial charge in [0, 0.05) is 0 Å². The first-order valence-electron chi connectivity index (χ1n) is 5.19. The second-order valence-corrected chi connectivity index (χ2v) is 4.51. The van der Waals surface area contributed by atoms with Gasteiger partial charge in [-0.05, 0) is 31.6 Å². The second kappa shape index (κ2) is 3.91. The Bertz CT molecular complexity index is 374. The van der Waals surface area contributed by atoms with Crippen LogP contribution >= 0.6 is 12.6 Å². The van der Waals surface area contributed by atoms with Gasteiger partial charge in [-0.25, -0.2) is 5.43 Å². The third-order valence-electron chi connectivity index (χ3n) is 2.79. The minimum absolute atomic E-state index is 0.0208. The van der Waals surface area contributed by atoms with Crippen LogP contribution in [-0.4, -0.2) is 5.54 Å². The minimum atomic E-state index is 0.0208. The number of nitrogens with zero attached hydrogens (tertiary/aromatic N) is 1. The summed E-state index contributed by atoms with van der Waals surface area (Å²) in [6, 6.07) is 10.2. The average molecular weight is 220 g/mol. The third-order valence-corrected chi connectivity index (χ3v) is 3.12. The Labute approximate surface area is 96.4 Å². The first kappa shape index (κ1) is 10.6. The summed E-state index contributed by atoms with van der Waals surface area (Å²) >= 11 is 4.49. The van der Waals surface area contributed by atoms with E-state index in [0.29, 0.717) is 0 Å². The van der Waals surface area contributed by atoms with Crippen molar-refractivity contribution in [1.29, 1.82) is 0 Å². The number of thiol groups is 1. The monoisotopic (exact) mass is 220 g/mol. The fourth-order valence-electron chi connectivity index (χ4n) is 1.65. The van der Waals surface area contributed by atoms with Gasteiger partial charge in [-0.15, -0.1) is 12.6 Å². The van der Waals surface area contributed by atoms with Crippen molar-refractivity contribution in [2.24, 2.45) is 0 Å². The Morgan fingerprint density at radius 2 is 2.00 bits per heavy atom. The lowest BCUT2D eigenvalue weighted by molar-refractivity contribution is 0.453. The Hall–Kier alpha value is -0.930. The molecule has 0 spiro atoms.